The quantitative estimate of drug-likeness (QED) is 0.141. The molecule has 8 nitrogen and oxygen atoms in total. The van der Waals surface area contributed by atoms with E-state index in [1.54, 1.807) is 41.8 Å². The van der Waals surface area contributed by atoms with E-state index in [2.05, 4.69) is 53.4 Å². The van der Waals surface area contributed by atoms with Crippen molar-refractivity contribution >= 4 is 28.8 Å². The van der Waals surface area contributed by atoms with Gasteiger partial charge in [-0.25, -0.2) is 4.79 Å². The Balaban J connectivity index is 0.000000263. The molecule has 0 radical (unpaired) electrons. The van der Waals surface area contributed by atoms with Crippen LogP contribution in [0.3, 0.4) is 0 Å². The second-order valence-corrected chi connectivity index (χ2v) is 14.6. The molecule has 3 aromatic carbocycles. The molecule has 302 valence electrons. The van der Waals surface area contributed by atoms with Crippen LogP contribution in [0.25, 0.3) is 11.1 Å². The lowest BCUT2D eigenvalue weighted by molar-refractivity contribution is 0.0984. The summed E-state index contributed by atoms with van der Waals surface area (Å²) in [4.78, 5) is 47.6. The Hall–Kier alpha value is -6.06. The number of carbonyl (C=O) groups is 3. The molecular formula is C49H55FN4O4. The number of Topliss-reactive ketones (excluding diaryl/α,β-unsaturated/α-hetero) is 2. The molecule has 0 aliphatic carbocycles. The Morgan fingerprint density at radius 1 is 0.655 bits per heavy atom. The van der Waals surface area contributed by atoms with Gasteiger partial charge < -0.3 is 15.0 Å². The third-order valence-electron chi connectivity index (χ3n) is 10.6. The van der Waals surface area contributed by atoms with Crippen LogP contribution in [-0.2, 0) is 24.2 Å². The molecule has 7 rings (SSSR count). The van der Waals surface area contributed by atoms with Crippen LogP contribution in [0.1, 0.15) is 93.8 Å². The highest BCUT2D eigenvalue weighted by Crippen LogP contribution is 2.28. The zero-order valence-corrected chi connectivity index (χ0v) is 33.2. The van der Waals surface area contributed by atoms with Crippen molar-refractivity contribution in [3.8, 4) is 0 Å². The number of pyridine rings is 2. The van der Waals surface area contributed by atoms with E-state index in [-0.39, 0.29) is 36.4 Å². The standard InChI is InChI=1S/C28H28N2O3.C20H22N2O.CH4.FH/c1-20-13-15-30(28(32)33-19-23-6-4-3-5-7-23)18-26(20)24-10-8-22(9-11-24)16-27(31)25-12-14-29-17-21(25)2;1-14-7-9-22-13-19(14)17-5-3-16(4-6-17)11-20(23)18-8-10-21-12-15(18)2;;/h3-12,14,17H,13,15-16,18-19H2,1-2H3;3-6,8,10,12,22H,7,9,11,13H2,1-2H3;1H4;1H. The zero-order chi connectivity index (χ0) is 39.4. The first-order valence-corrected chi connectivity index (χ1v) is 19.3. The van der Waals surface area contributed by atoms with Crippen LogP contribution in [0.5, 0.6) is 0 Å². The monoisotopic (exact) mass is 782 g/mol. The summed E-state index contributed by atoms with van der Waals surface area (Å²) in [6, 6.07) is 29.8. The van der Waals surface area contributed by atoms with Gasteiger partial charge in [-0.2, -0.15) is 0 Å². The molecule has 5 aromatic rings. The normalized spacial score (nSPS) is 13.7. The van der Waals surface area contributed by atoms with Crippen LogP contribution in [0.2, 0.25) is 0 Å². The summed E-state index contributed by atoms with van der Waals surface area (Å²) in [5.41, 5.74) is 13.9. The summed E-state index contributed by atoms with van der Waals surface area (Å²) in [7, 11) is 0. The Bertz CT molecular complexity index is 2230. The largest absolute Gasteiger partial charge is 0.445 e. The number of carbonyl (C=O) groups excluding carboxylic acids is 3. The van der Waals surface area contributed by atoms with Gasteiger partial charge in [-0.15, -0.1) is 0 Å². The van der Waals surface area contributed by atoms with Crippen molar-refractivity contribution in [2.45, 2.75) is 67.4 Å². The molecule has 0 spiro atoms. The third kappa shape index (κ3) is 11.7. The molecular weight excluding hydrogens is 728 g/mol. The second kappa shape index (κ2) is 21.5. The maximum atomic E-state index is 12.7. The van der Waals surface area contributed by atoms with Crippen molar-refractivity contribution in [1.29, 1.82) is 0 Å². The summed E-state index contributed by atoms with van der Waals surface area (Å²) in [5, 5.41) is 3.42. The van der Waals surface area contributed by atoms with Gasteiger partial charge in [0.1, 0.15) is 6.61 Å². The van der Waals surface area contributed by atoms with E-state index in [4.69, 9.17) is 4.74 Å². The summed E-state index contributed by atoms with van der Waals surface area (Å²) < 4.78 is 5.52. The Labute approximate surface area is 342 Å². The van der Waals surface area contributed by atoms with Crippen molar-refractivity contribution in [2.24, 2.45) is 0 Å². The van der Waals surface area contributed by atoms with Gasteiger partial charge in [0.05, 0.1) is 0 Å². The van der Waals surface area contributed by atoms with Crippen LogP contribution in [-0.4, -0.2) is 58.7 Å². The predicted molar refractivity (Wildman–Crippen MR) is 232 cm³/mol. The maximum absolute atomic E-state index is 12.7. The van der Waals surface area contributed by atoms with E-state index in [9.17, 15) is 14.4 Å². The molecule has 4 heterocycles. The number of nitrogens with zero attached hydrogens (tertiary/aromatic N) is 3. The fourth-order valence-corrected chi connectivity index (χ4v) is 7.08. The van der Waals surface area contributed by atoms with E-state index < -0.39 is 0 Å². The van der Waals surface area contributed by atoms with Crippen molar-refractivity contribution in [1.82, 2.24) is 20.2 Å². The molecule has 0 saturated heterocycles. The molecule has 0 unspecified atom stereocenters. The summed E-state index contributed by atoms with van der Waals surface area (Å²) in [6.45, 7) is 11.6. The predicted octanol–water partition coefficient (Wildman–Crippen LogP) is 10.0. The molecule has 2 aliphatic heterocycles. The minimum Gasteiger partial charge on any atom is -0.445 e. The maximum Gasteiger partial charge on any atom is 0.410 e. The number of aryl methyl sites for hydroxylation is 2. The highest BCUT2D eigenvalue weighted by atomic mass is 19.0. The number of amides is 1. The van der Waals surface area contributed by atoms with Crippen LogP contribution in [0.15, 0.2) is 127 Å². The number of aromatic nitrogens is 2. The Morgan fingerprint density at radius 2 is 1.17 bits per heavy atom. The van der Waals surface area contributed by atoms with Gasteiger partial charge in [0, 0.05) is 68.4 Å². The number of hydrogen-bond donors (Lipinski definition) is 1. The SMILES string of the molecule is C.CC1=C(c2ccc(CC(=O)c3ccncc3C)cc2)CN(C(=O)OCc2ccccc2)CC1.CC1=C(c2ccc(CC(=O)c3ccncc3C)cc2)CNCC1.F. The van der Waals surface area contributed by atoms with Crippen LogP contribution in [0.4, 0.5) is 9.50 Å². The molecule has 2 aliphatic rings. The summed E-state index contributed by atoms with van der Waals surface area (Å²) >= 11 is 0. The zero-order valence-electron chi connectivity index (χ0n) is 33.2. The lowest BCUT2D eigenvalue weighted by atomic mass is 9.93. The highest BCUT2D eigenvalue weighted by Gasteiger charge is 2.23. The minimum absolute atomic E-state index is 0. The number of ketones is 2. The number of halogens is 1. The lowest BCUT2D eigenvalue weighted by Crippen LogP contribution is -2.36. The smallest absolute Gasteiger partial charge is 0.410 e. The lowest BCUT2D eigenvalue weighted by Gasteiger charge is -2.29. The number of benzene rings is 3. The van der Waals surface area contributed by atoms with Crippen molar-refractivity contribution in [3.05, 3.63) is 177 Å². The molecule has 9 heteroatoms. The van der Waals surface area contributed by atoms with E-state index in [1.165, 1.54) is 22.3 Å². The van der Waals surface area contributed by atoms with Crippen LogP contribution < -0.4 is 5.32 Å². The van der Waals surface area contributed by atoms with E-state index in [1.807, 2.05) is 68.4 Å². The highest BCUT2D eigenvalue weighted by molar-refractivity contribution is 5.99. The Kier molecular flexibility index (Phi) is 16.5. The topological polar surface area (TPSA) is 101 Å². The number of ether oxygens (including phenoxy) is 1. The first-order chi connectivity index (χ1) is 27.2. The number of nitrogens with one attached hydrogen (secondary N) is 1. The second-order valence-electron chi connectivity index (χ2n) is 14.6. The van der Waals surface area contributed by atoms with Crippen LogP contribution in [0, 0.1) is 13.8 Å². The van der Waals surface area contributed by atoms with Gasteiger partial charge in [-0.1, -0.05) is 97.4 Å². The average molecular weight is 783 g/mol. The summed E-state index contributed by atoms with van der Waals surface area (Å²) in [5.74, 6) is 0.232. The van der Waals surface area contributed by atoms with Crippen molar-refractivity contribution in [3.63, 3.8) is 0 Å². The molecule has 1 N–H and O–H groups in total. The molecule has 2 aromatic heterocycles. The van der Waals surface area contributed by atoms with Gasteiger partial charge in [0.2, 0.25) is 0 Å². The van der Waals surface area contributed by atoms with Crippen molar-refractivity contribution < 1.29 is 23.8 Å². The minimum atomic E-state index is -0.293. The molecule has 58 heavy (non-hydrogen) atoms. The average Bonchev–Trinajstić information content (AvgIpc) is 3.22. The van der Waals surface area contributed by atoms with Gasteiger partial charge in [0.15, 0.2) is 11.6 Å². The number of hydrogen-bond acceptors (Lipinski definition) is 7. The third-order valence-corrected chi connectivity index (χ3v) is 10.6. The van der Waals surface area contributed by atoms with Gasteiger partial charge in [-0.05, 0) is 109 Å². The van der Waals surface area contributed by atoms with E-state index in [0.717, 1.165) is 70.4 Å². The number of rotatable bonds is 10. The first kappa shape index (κ1) is 44.7. The van der Waals surface area contributed by atoms with Crippen molar-refractivity contribution in [2.75, 3.05) is 26.2 Å². The summed E-state index contributed by atoms with van der Waals surface area (Å²) in [6.07, 6.45) is 9.19. The van der Waals surface area contributed by atoms with Gasteiger partial charge in [0.25, 0.3) is 0 Å². The molecule has 0 fully saturated rings. The first-order valence-electron chi connectivity index (χ1n) is 19.3. The molecule has 0 atom stereocenters. The molecule has 1 amide bonds. The Morgan fingerprint density at radius 3 is 1.69 bits per heavy atom. The fourth-order valence-electron chi connectivity index (χ4n) is 7.08. The van der Waals surface area contributed by atoms with E-state index in [0.29, 0.717) is 31.5 Å². The van der Waals surface area contributed by atoms with Gasteiger partial charge >= 0.3 is 6.09 Å². The van der Waals surface area contributed by atoms with E-state index >= 15 is 0 Å². The molecule has 0 saturated carbocycles. The van der Waals surface area contributed by atoms with Gasteiger partial charge in [-0.3, -0.25) is 24.3 Å². The fraction of sp³-hybridized carbons (Fsp3) is 0.286. The van der Waals surface area contributed by atoms with Crippen LogP contribution >= 0.6 is 0 Å². The molecule has 0 bridgehead atoms.